The summed E-state index contributed by atoms with van der Waals surface area (Å²) in [4.78, 5) is 31.1. The Hall–Kier alpha value is -3.87. The van der Waals surface area contributed by atoms with Crippen LogP contribution in [0, 0.1) is 0 Å². The van der Waals surface area contributed by atoms with Gasteiger partial charge in [-0.25, -0.2) is 9.59 Å². The van der Waals surface area contributed by atoms with Crippen LogP contribution >= 0.6 is 0 Å². The van der Waals surface area contributed by atoms with Gasteiger partial charge >= 0.3 is 12.1 Å². The third-order valence-electron chi connectivity index (χ3n) is 5.48. The monoisotopic (exact) mass is 476 g/mol. The third kappa shape index (κ3) is 7.84. The zero-order chi connectivity index (χ0) is 25.0. The number of pyridine rings is 1. The number of rotatable bonds is 11. The molecule has 1 atom stereocenters. The summed E-state index contributed by atoms with van der Waals surface area (Å²) in [6.07, 6.45) is 2.95. The molecule has 0 fully saturated rings. The second-order valence-electron chi connectivity index (χ2n) is 7.99. The van der Waals surface area contributed by atoms with E-state index in [4.69, 9.17) is 14.2 Å². The molecular weight excluding hydrogens is 444 g/mol. The lowest BCUT2D eigenvalue weighted by molar-refractivity contribution is -0.148. The number of para-hydroxylation sites is 1. The van der Waals surface area contributed by atoms with E-state index >= 15 is 0 Å². The molecule has 7 heteroatoms. The van der Waals surface area contributed by atoms with Gasteiger partial charge in [0.2, 0.25) is 0 Å². The number of carbonyl (C=O) groups excluding carboxylic acids is 2. The van der Waals surface area contributed by atoms with E-state index in [-0.39, 0.29) is 13.2 Å². The van der Waals surface area contributed by atoms with E-state index in [2.05, 4.69) is 18.0 Å². The molecule has 0 aliphatic carbocycles. The average Bonchev–Trinajstić information content (AvgIpc) is 2.89. The molecule has 2 aromatic carbocycles. The van der Waals surface area contributed by atoms with Crippen LogP contribution in [-0.2, 0) is 28.9 Å². The lowest BCUT2D eigenvalue weighted by Crippen LogP contribution is -2.45. The number of amides is 1. The van der Waals surface area contributed by atoms with E-state index in [0.29, 0.717) is 18.8 Å². The van der Waals surface area contributed by atoms with Gasteiger partial charge in [0.05, 0.1) is 13.2 Å². The molecule has 0 saturated heterocycles. The van der Waals surface area contributed by atoms with Crippen LogP contribution in [-0.4, -0.2) is 41.2 Å². The molecule has 0 aliphatic heterocycles. The maximum Gasteiger partial charge on any atom is 0.416 e. The smallest absolute Gasteiger partial charge is 0.416 e. The second kappa shape index (κ2) is 13.1. The van der Waals surface area contributed by atoms with Gasteiger partial charge in [0.15, 0.2) is 0 Å². The molecule has 0 N–H and O–H groups in total. The predicted octanol–water partition coefficient (Wildman–Crippen LogP) is 5.22. The van der Waals surface area contributed by atoms with E-state index in [1.165, 1.54) is 10.5 Å². The topological polar surface area (TPSA) is 78.0 Å². The van der Waals surface area contributed by atoms with Crippen molar-refractivity contribution in [2.45, 2.75) is 46.2 Å². The van der Waals surface area contributed by atoms with Crippen LogP contribution in [0.4, 0.5) is 4.79 Å². The summed E-state index contributed by atoms with van der Waals surface area (Å²) in [7, 11) is 0. The summed E-state index contributed by atoms with van der Waals surface area (Å²) in [6, 6.07) is 19.5. The molecule has 0 spiro atoms. The van der Waals surface area contributed by atoms with E-state index in [0.717, 1.165) is 23.4 Å². The van der Waals surface area contributed by atoms with Crippen molar-refractivity contribution >= 4 is 12.1 Å². The van der Waals surface area contributed by atoms with Crippen LogP contribution < -0.4 is 9.47 Å². The first-order chi connectivity index (χ1) is 17.0. The largest absolute Gasteiger partial charge is 0.493 e. The Labute approximate surface area is 206 Å². The minimum atomic E-state index is -0.811. The zero-order valence-corrected chi connectivity index (χ0v) is 20.5. The Morgan fingerprint density at radius 2 is 1.63 bits per heavy atom. The molecule has 35 heavy (non-hydrogen) atoms. The molecule has 1 amide bonds. The summed E-state index contributed by atoms with van der Waals surface area (Å²) >= 11 is 0. The van der Waals surface area contributed by atoms with E-state index in [1.54, 1.807) is 38.1 Å². The second-order valence-corrected chi connectivity index (χ2v) is 7.99. The van der Waals surface area contributed by atoms with Crippen LogP contribution in [0.1, 0.15) is 37.6 Å². The number of aryl methyl sites for hydroxylation is 1. The van der Waals surface area contributed by atoms with Crippen molar-refractivity contribution in [2.75, 3.05) is 13.2 Å². The minimum absolute atomic E-state index is 0.180. The van der Waals surface area contributed by atoms with Crippen LogP contribution in [0.3, 0.4) is 0 Å². The SMILES string of the molecule is CCOC(=O)[C@H](C)N(Cc1ccc(OCCc2ccc(CC)cn2)cc1)C(=O)Oc1ccccc1. The summed E-state index contributed by atoms with van der Waals surface area (Å²) in [5.74, 6) is 0.634. The van der Waals surface area contributed by atoms with Crippen molar-refractivity contribution in [1.29, 1.82) is 0 Å². The number of hydrogen-bond donors (Lipinski definition) is 0. The molecule has 3 rings (SSSR count). The number of ether oxygens (including phenoxy) is 3. The van der Waals surface area contributed by atoms with Crippen LogP contribution in [0.15, 0.2) is 72.9 Å². The summed E-state index contributed by atoms with van der Waals surface area (Å²) in [5.41, 5.74) is 3.03. The van der Waals surface area contributed by atoms with Crippen molar-refractivity contribution in [2.24, 2.45) is 0 Å². The highest BCUT2D eigenvalue weighted by molar-refractivity contribution is 5.81. The molecule has 3 aromatic rings. The third-order valence-corrected chi connectivity index (χ3v) is 5.48. The number of hydrogen-bond acceptors (Lipinski definition) is 6. The highest BCUT2D eigenvalue weighted by Gasteiger charge is 2.28. The Balaban J connectivity index is 1.61. The molecule has 1 heterocycles. The normalized spacial score (nSPS) is 11.4. The molecule has 1 aromatic heterocycles. The minimum Gasteiger partial charge on any atom is -0.493 e. The summed E-state index contributed by atoms with van der Waals surface area (Å²) < 4.78 is 16.5. The van der Waals surface area contributed by atoms with Crippen LogP contribution in [0.2, 0.25) is 0 Å². The molecular formula is C28H32N2O5. The maximum absolute atomic E-state index is 12.9. The fourth-order valence-corrected chi connectivity index (χ4v) is 3.37. The number of nitrogens with zero attached hydrogens (tertiary/aromatic N) is 2. The van der Waals surface area contributed by atoms with Gasteiger partial charge < -0.3 is 14.2 Å². The van der Waals surface area contributed by atoms with Gasteiger partial charge in [0, 0.05) is 24.9 Å². The molecule has 0 saturated carbocycles. The fraction of sp³-hybridized carbons (Fsp3) is 0.321. The summed E-state index contributed by atoms with van der Waals surface area (Å²) in [5, 5.41) is 0. The molecule has 0 unspecified atom stereocenters. The van der Waals surface area contributed by atoms with Gasteiger partial charge in [-0.1, -0.05) is 43.3 Å². The van der Waals surface area contributed by atoms with E-state index in [1.807, 2.05) is 42.6 Å². The lowest BCUT2D eigenvalue weighted by atomic mass is 10.2. The lowest BCUT2D eigenvalue weighted by Gasteiger charge is -2.27. The first-order valence-corrected chi connectivity index (χ1v) is 11.9. The first-order valence-electron chi connectivity index (χ1n) is 11.9. The van der Waals surface area contributed by atoms with Gasteiger partial charge in [-0.05, 0) is 61.7 Å². The Morgan fingerprint density at radius 1 is 0.914 bits per heavy atom. The zero-order valence-electron chi connectivity index (χ0n) is 20.5. The van der Waals surface area contributed by atoms with E-state index in [9.17, 15) is 9.59 Å². The van der Waals surface area contributed by atoms with Crippen molar-refractivity contribution in [3.63, 3.8) is 0 Å². The van der Waals surface area contributed by atoms with Crippen molar-refractivity contribution < 1.29 is 23.8 Å². The number of carbonyl (C=O) groups is 2. The Kier molecular flexibility index (Phi) is 9.66. The Morgan fingerprint density at radius 3 is 2.26 bits per heavy atom. The van der Waals surface area contributed by atoms with Crippen LogP contribution in [0.25, 0.3) is 0 Å². The summed E-state index contributed by atoms with van der Waals surface area (Å²) in [6.45, 7) is 6.38. The quantitative estimate of drug-likeness (QED) is 0.353. The highest BCUT2D eigenvalue weighted by atomic mass is 16.6. The Bertz CT molecular complexity index is 1070. The van der Waals surface area contributed by atoms with Crippen molar-refractivity contribution in [3.05, 3.63) is 89.7 Å². The molecule has 0 aliphatic rings. The average molecular weight is 477 g/mol. The molecule has 0 bridgehead atoms. The van der Waals surface area contributed by atoms with Gasteiger partial charge in [-0.3, -0.25) is 9.88 Å². The molecule has 7 nitrogen and oxygen atoms in total. The van der Waals surface area contributed by atoms with Gasteiger partial charge in [-0.15, -0.1) is 0 Å². The van der Waals surface area contributed by atoms with Gasteiger partial charge in [-0.2, -0.15) is 0 Å². The number of aromatic nitrogens is 1. The van der Waals surface area contributed by atoms with Gasteiger partial charge in [0.25, 0.3) is 0 Å². The van der Waals surface area contributed by atoms with Crippen molar-refractivity contribution in [3.8, 4) is 11.5 Å². The number of esters is 1. The maximum atomic E-state index is 12.9. The van der Waals surface area contributed by atoms with Gasteiger partial charge in [0.1, 0.15) is 17.5 Å². The number of benzene rings is 2. The molecule has 0 radical (unpaired) electrons. The first kappa shape index (κ1) is 25.7. The predicted molar refractivity (Wildman–Crippen MR) is 133 cm³/mol. The van der Waals surface area contributed by atoms with Crippen LogP contribution in [0.5, 0.6) is 11.5 Å². The van der Waals surface area contributed by atoms with Crippen molar-refractivity contribution in [1.82, 2.24) is 9.88 Å². The fourth-order valence-electron chi connectivity index (χ4n) is 3.37. The van der Waals surface area contributed by atoms with E-state index < -0.39 is 18.1 Å². The highest BCUT2D eigenvalue weighted by Crippen LogP contribution is 2.18. The standard InChI is InChI=1S/C28H32N2O5/c1-4-22-11-14-24(29-19-22)17-18-34-25-15-12-23(13-16-25)20-30(21(3)27(31)33-5-2)28(32)35-26-9-7-6-8-10-26/h6-16,19,21H,4-5,17-18,20H2,1-3H3/t21-/m0/s1. The molecule has 184 valence electrons.